The molecule has 0 spiro atoms. The van der Waals surface area contributed by atoms with Crippen LogP contribution in [0.1, 0.15) is 12.5 Å². The van der Waals surface area contributed by atoms with Crippen molar-refractivity contribution in [1.82, 2.24) is 5.32 Å². The van der Waals surface area contributed by atoms with Crippen molar-refractivity contribution in [3.8, 4) is 5.75 Å². The molecule has 3 aromatic carbocycles. The molecule has 6 nitrogen and oxygen atoms in total. The van der Waals surface area contributed by atoms with Gasteiger partial charge in [-0.1, -0.05) is 41.9 Å². The number of benzene rings is 3. The minimum Gasteiger partial charge on any atom is -0.494 e. The number of sulfonamides is 1. The summed E-state index contributed by atoms with van der Waals surface area (Å²) < 4.78 is 46.5. The number of nitrogens with zero attached hydrogens (tertiary/aromatic N) is 1. The summed E-state index contributed by atoms with van der Waals surface area (Å²) >= 11 is 5.86. The van der Waals surface area contributed by atoms with Crippen molar-refractivity contribution in [1.29, 1.82) is 0 Å². The van der Waals surface area contributed by atoms with E-state index in [-0.39, 0.29) is 22.2 Å². The molecule has 0 atom stereocenters. The number of hydrogen-bond donors (Lipinski definition) is 1. The van der Waals surface area contributed by atoms with Crippen LogP contribution in [-0.2, 0) is 21.4 Å². The molecule has 0 saturated carbocycles. The maximum atomic E-state index is 13.7. The standard InChI is InChI=1S/C23H22ClFN2O4S/c1-2-31-19-8-6-7-17(13-19)15-26-23(28)16-27(18-11-12-22(25)21(24)14-18)32(29,30)20-9-4-3-5-10-20/h3-14H,2,15-16H2,1H3,(H,26,28). The van der Waals surface area contributed by atoms with Crippen LogP contribution < -0.4 is 14.4 Å². The van der Waals surface area contributed by atoms with E-state index in [1.165, 1.54) is 24.3 Å². The van der Waals surface area contributed by atoms with E-state index >= 15 is 0 Å². The molecule has 0 fully saturated rings. The topological polar surface area (TPSA) is 75.7 Å². The van der Waals surface area contributed by atoms with E-state index in [0.717, 1.165) is 15.9 Å². The van der Waals surface area contributed by atoms with Crippen LogP contribution in [0.5, 0.6) is 5.75 Å². The molecule has 3 rings (SSSR count). The number of ether oxygens (including phenoxy) is 1. The van der Waals surface area contributed by atoms with E-state index in [1.807, 2.05) is 13.0 Å². The largest absolute Gasteiger partial charge is 0.494 e. The number of halogens is 2. The van der Waals surface area contributed by atoms with Gasteiger partial charge in [-0.15, -0.1) is 0 Å². The van der Waals surface area contributed by atoms with E-state index < -0.39 is 28.3 Å². The predicted octanol–water partition coefficient (Wildman–Crippen LogP) is 4.39. The maximum absolute atomic E-state index is 13.7. The molecule has 0 aliphatic heterocycles. The first-order valence-corrected chi connectivity index (χ1v) is 11.6. The Kier molecular flexibility index (Phi) is 7.71. The second-order valence-electron chi connectivity index (χ2n) is 6.78. The number of amides is 1. The summed E-state index contributed by atoms with van der Waals surface area (Å²) in [6, 6.07) is 18.4. The second kappa shape index (κ2) is 10.5. The lowest BCUT2D eigenvalue weighted by molar-refractivity contribution is -0.119. The van der Waals surface area contributed by atoms with Crippen molar-refractivity contribution >= 4 is 33.2 Å². The number of nitrogens with one attached hydrogen (secondary N) is 1. The average Bonchev–Trinajstić information content (AvgIpc) is 2.79. The summed E-state index contributed by atoms with van der Waals surface area (Å²) in [5, 5.41) is 2.46. The Morgan fingerprint density at radius 1 is 1.06 bits per heavy atom. The summed E-state index contributed by atoms with van der Waals surface area (Å²) in [5.41, 5.74) is 0.875. The van der Waals surface area contributed by atoms with Gasteiger partial charge in [0.25, 0.3) is 10.0 Å². The molecule has 0 bridgehead atoms. The van der Waals surface area contributed by atoms with Crippen molar-refractivity contribution in [2.75, 3.05) is 17.5 Å². The molecular weight excluding hydrogens is 455 g/mol. The highest BCUT2D eigenvalue weighted by atomic mass is 35.5. The Morgan fingerprint density at radius 3 is 2.50 bits per heavy atom. The summed E-state index contributed by atoms with van der Waals surface area (Å²) in [7, 11) is -4.10. The molecule has 1 amide bonds. The zero-order chi connectivity index (χ0) is 23.1. The SMILES string of the molecule is CCOc1cccc(CNC(=O)CN(c2ccc(F)c(Cl)c2)S(=O)(=O)c2ccccc2)c1. The predicted molar refractivity (Wildman–Crippen MR) is 122 cm³/mol. The quantitative estimate of drug-likeness (QED) is 0.497. The minimum atomic E-state index is -4.10. The third kappa shape index (κ3) is 5.77. The molecule has 1 N–H and O–H groups in total. The zero-order valence-electron chi connectivity index (χ0n) is 17.3. The highest BCUT2D eigenvalue weighted by Crippen LogP contribution is 2.27. The Labute approximate surface area is 191 Å². The van der Waals surface area contributed by atoms with Crippen molar-refractivity contribution < 1.29 is 22.3 Å². The Hall–Kier alpha value is -3.10. The molecule has 0 aliphatic rings. The van der Waals surface area contributed by atoms with Crippen LogP contribution in [0, 0.1) is 5.82 Å². The van der Waals surface area contributed by atoms with Crippen LogP contribution in [0.15, 0.2) is 77.7 Å². The number of anilines is 1. The Morgan fingerprint density at radius 2 is 1.81 bits per heavy atom. The van der Waals surface area contributed by atoms with Gasteiger partial charge in [-0.25, -0.2) is 12.8 Å². The third-order valence-corrected chi connectivity index (χ3v) is 6.59. The van der Waals surface area contributed by atoms with Crippen LogP contribution in [0.4, 0.5) is 10.1 Å². The second-order valence-corrected chi connectivity index (χ2v) is 9.05. The van der Waals surface area contributed by atoms with Crippen molar-refractivity contribution in [2.45, 2.75) is 18.4 Å². The fourth-order valence-electron chi connectivity index (χ4n) is 2.97. The highest BCUT2D eigenvalue weighted by molar-refractivity contribution is 7.92. The van der Waals surface area contributed by atoms with Gasteiger partial charge in [-0.05, 0) is 55.0 Å². The molecule has 32 heavy (non-hydrogen) atoms. The van der Waals surface area contributed by atoms with Crippen LogP contribution in [0.25, 0.3) is 0 Å². The van der Waals surface area contributed by atoms with E-state index in [0.29, 0.717) is 12.4 Å². The van der Waals surface area contributed by atoms with Crippen molar-refractivity contribution in [2.24, 2.45) is 0 Å². The van der Waals surface area contributed by atoms with Gasteiger partial charge in [-0.2, -0.15) is 0 Å². The fraction of sp³-hybridized carbons (Fsp3) is 0.174. The summed E-state index contributed by atoms with van der Waals surface area (Å²) in [5.74, 6) is -0.550. The van der Waals surface area contributed by atoms with Crippen molar-refractivity contribution in [3.05, 3.63) is 89.2 Å². The van der Waals surface area contributed by atoms with Gasteiger partial charge in [-0.3, -0.25) is 9.10 Å². The highest BCUT2D eigenvalue weighted by Gasteiger charge is 2.27. The van der Waals surface area contributed by atoms with Crippen LogP contribution in [0.3, 0.4) is 0 Å². The third-order valence-electron chi connectivity index (χ3n) is 4.51. The number of carbonyl (C=O) groups is 1. The lowest BCUT2D eigenvalue weighted by Gasteiger charge is -2.24. The van der Waals surface area contributed by atoms with Crippen molar-refractivity contribution in [3.63, 3.8) is 0 Å². The molecule has 0 heterocycles. The summed E-state index contributed by atoms with van der Waals surface area (Å²) in [4.78, 5) is 12.7. The number of carbonyl (C=O) groups excluding carboxylic acids is 1. The monoisotopic (exact) mass is 476 g/mol. The molecule has 3 aromatic rings. The number of hydrogen-bond acceptors (Lipinski definition) is 4. The number of rotatable bonds is 9. The molecule has 168 valence electrons. The summed E-state index contributed by atoms with van der Waals surface area (Å²) in [6.45, 7) is 2.06. The van der Waals surface area contributed by atoms with E-state index in [9.17, 15) is 17.6 Å². The van der Waals surface area contributed by atoms with Gasteiger partial charge in [0.05, 0.1) is 22.2 Å². The van der Waals surface area contributed by atoms with Crippen LogP contribution in [0.2, 0.25) is 5.02 Å². The molecule has 0 unspecified atom stereocenters. The molecule has 0 aliphatic carbocycles. The molecule has 0 saturated heterocycles. The minimum absolute atomic E-state index is 0.00216. The fourth-order valence-corrected chi connectivity index (χ4v) is 4.58. The van der Waals surface area contributed by atoms with Gasteiger partial charge in [0.1, 0.15) is 18.1 Å². The van der Waals surface area contributed by atoms with Crippen LogP contribution >= 0.6 is 11.6 Å². The first-order chi connectivity index (χ1) is 15.3. The molecular formula is C23H22ClFN2O4S. The molecule has 9 heteroatoms. The van der Waals surface area contributed by atoms with Gasteiger partial charge in [0, 0.05) is 6.54 Å². The maximum Gasteiger partial charge on any atom is 0.264 e. The normalized spacial score (nSPS) is 11.1. The van der Waals surface area contributed by atoms with Gasteiger partial charge in [0.2, 0.25) is 5.91 Å². The molecule has 0 aromatic heterocycles. The van der Waals surface area contributed by atoms with E-state index in [2.05, 4.69) is 5.32 Å². The van der Waals surface area contributed by atoms with Gasteiger partial charge in [0.15, 0.2) is 0 Å². The molecule has 0 radical (unpaired) electrons. The average molecular weight is 477 g/mol. The lowest BCUT2D eigenvalue weighted by Crippen LogP contribution is -2.40. The Bertz CT molecular complexity index is 1190. The van der Waals surface area contributed by atoms with E-state index in [4.69, 9.17) is 16.3 Å². The first kappa shape index (κ1) is 23.6. The van der Waals surface area contributed by atoms with Gasteiger partial charge >= 0.3 is 0 Å². The zero-order valence-corrected chi connectivity index (χ0v) is 18.9. The van der Waals surface area contributed by atoms with Gasteiger partial charge < -0.3 is 10.1 Å². The smallest absolute Gasteiger partial charge is 0.264 e. The summed E-state index contributed by atoms with van der Waals surface area (Å²) in [6.07, 6.45) is 0. The lowest BCUT2D eigenvalue weighted by atomic mass is 10.2. The Balaban J connectivity index is 1.83. The van der Waals surface area contributed by atoms with E-state index in [1.54, 1.807) is 36.4 Å². The first-order valence-electron chi connectivity index (χ1n) is 9.82. The van der Waals surface area contributed by atoms with Crippen LogP contribution in [-0.4, -0.2) is 27.5 Å².